The number of anilines is 1. The molecule has 3 heterocycles. The fraction of sp³-hybridized carbons (Fsp3) is 0.500. The van der Waals surface area contributed by atoms with Crippen molar-refractivity contribution in [3.05, 3.63) is 54.0 Å². The SMILES string of the molecule is CC(C)N1CCN(c2ccc(C(=O)NCCCc3ccccn3)cn2)C[C@H]1C. The minimum atomic E-state index is -0.0712. The van der Waals surface area contributed by atoms with Crippen LogP contribution in [-0.4, -0.2) is 59.0 Å². The second kappa shape index (κ2) is 9.64. The van der Waals surface area contributed by atoms with E-state index in [-0.39, 0.29) is 5.91 Å². The van der Waals surface area contributed by atoms with Gasteiger partial charge in [0.05, 0.1) is 5.56 Å². The Labute approximate surface area is 168 Å². The van der Waals surface area contributed by atoms with E-state index in [0.29, 0.717) is 24.2 Å². The van der Waals surface area contributed by atoms with Gasteiger partial charge in [0.25, 0.3) is 5.91 Å². The van der Waals surface area contributed by atoms with Gasteiger partial charge in [-0.2, -0.15) is 0 Å². The number of aromatic nitrogens is 2. The van der Waals surface area contributed by atoms with Crippen molar-refractivity contribution in [1.82, 2.24) is 20.2 Å². The Morgan fingerprint density at radius 2 is 2.07 bits per heavy atom. The van der Waals surface area contributed by atoms with Crippen molar-refractivity contribution >= 4 is 11.7 Å². The maximum atomic E-state index is 12.3. The van der Waals surface area contributed by atoms with Gasteiger partial charge in [0, 0.05) is 56.4 Å². The molecule has 0 spiro atoms. The summed E-state index contributed by atoms with van der Waals surface area (Å²) in [6.07, 6.45) is 5.21. The molecule has 28 heavy (non-hydrogen) atoms. The molecule has 2 aromatic heterocycles. The number of rotatable bonds is 7. The van der Waals surface area contributed by atoms with Gasteiger partial charge in [-0.15, -0.1) is 0 Å². The van der Waals surface area contributed by atoms with Gasteiger partial charge in [-0.3, -0.25) is 14.7 Å². The van der Waals surface area contributed by atoms with Crippen molar-refractivity contribution in [2.75, 3.05) is 31.1 Å². The summed E-state index contributed by atoms with van der Waals surface area (Å²) in [5, 5.41) is 2.97. The molecule has 150 valence electrons. The van der Waals surface area contributed by atoms with Crippen molar-refractivity contribution in [2.45, 2.75) is 45.7 Å². The second-order valence-electron chi connectivity index (χ2n) is 7.71. The molecular weight excluding hydrogens is 350 g/mol. The average molecular weight is 382 g/mol. The molecular formula is C22H31N5O. The highest BCUT2D eigenvalue weighted by molar-refractivity contribution is 5.94. The first-order valence-corrected chi connectivity index (χ1v) is 10.2. The van der Waals surface area contributed by atoms with Gasteiger partial charge in [-0.1, -0.05) is 6.07 Å². The lowest BCUT2D eigenvalue weighted by Gasteiger charge is -2.42. The minimum Gasteiger partial charge on any atom is -0.354 e. The molecule has 6 nitrogen and oxygen atoms in total. The van der Waals surface area contributed by atoms with Crippen LogP contribution in [0.1, 0.15) is 43.2 Å². The Hall–Kier alpha value is -2.47. The Bertz CT molecular complexity index is 747. The number of nitrogens with one attached hydrogen (secondary N) is 1. The molecule has 6 heteroatoms. The van der Waals surface area contributed by atoms with Crippen LogP contribution in [0.5, 0.6) is 0 Å². The molecule has 1 N–H and O–H groups in total. The molecule has 1 saturated heterocycles. The van der Waals surface area contributed by atoms with E-state index >= 15 is 0 Å². The van der Waals surface area contributed by atoms with Crippen LogP contribution in [0.3, 0.4) is 0 Å². The third kappa shape index (κ3) is 5.29. The van der Waals surface area contributed by atoms with Crippen LogP contribution in [0.15, 0.2) is 42.7 Å². The molecule has 0 radical (unpaired) electrons. The van der Waals surface area contributed by atoms with E-state index < -0.39 is 0 Å². The highest BCUT2D eigenvalue weighted by Crippen LogP contribution is 2.19. The molecule has 0 saturated carbocycles. The zero-order valence-electron chi connectivity index (χ0n) is 17.1. The molecule has 2 aromatic rings. The van der Waals surface area contributed by atoms with Crippen LogP contribution in [0.25, 0.3) is 0 Å². The number of pyridine rings is 2. The lowest BCUT2D eigenvalue weighted by molar-refractivity contribution is 0.0953. The first kappa shape index (κ1) is 20.3. The predicted molar refractivity (Wildman–Crippen MR) is 113 cm³/mol. The van der Waals surface area contributed by atoms with Crippen LogP contribution >= 0.6 is 0 Å². The lowest BCUT2D eigenvalue weighted by atomic mass is 10.1. The van der Waals surface area contributed by atoms with E-state index in [1.807, 2.05) is 30.3 Å². The number of carbonyl (C=O) groups excluding carboxylic acids is 1. The van der Waals surface area contributed by atoms with Crippen LogP contribution in [-0.2, 0) is 6.42 Å². The summed E-state index contributed by atoms with van der Waals surface area (Å²) < 4.78 is 0. The molecule has 1 amide bonds. The quantitative estimate of drug-likeness (QED) is 0.748. The van der Waals surface area contributed by atoms with E-state index in [1.165, 1.54) is 0 Å². The van der Waals surface area contributed by atoms with Crippen molar-refractivity contribution in [3.63, 3.8) is 0 Å². The maximum absolute atomic E-state index is 12.3. The smallest absolute Gasteiger partial charge is 0.252 e. The predicted octanol–water partition coefficient (Wildman–Crippen LogP) is 2.76. The van der Waals surface area contributed by atoms with Crippen molar-refractivity contribution in [1.29, 1.82) is 0 Å². The van der Waals surface area contributed by atoms with Gasteiger partial charge in [0.2, 0.25) is 0 Å². The third-order valence-electron chi connectivity index (χ3n) is 5.30. The standard InChI is InChI=1S/C22H31N5O/c1-17(2)27-14-13-26(16-18(27)3)21-10-9-19(15-25-21)22(28)24-12-6-8-20-7-4-5-11-23-20/h4-5,7,9-11,15,17-18H,6,8,12-14,16H2,1-3H3,(H,24,28)/t18-/m1/s1. The van der Waals surface area contributed by atoms with Gasteiger partial charge in [0.15, 0.2) is 0 Å². The Morgan fingerprint density at radius 3 is 2.71 bits per heavy atom. The first-order valence-electron chi connectivity index (χ1n) is 10.2. The molecule has 1 aliphatic heterocycles. The van der Waals surface area contributed by atoms with Crippen LogP contribution in [0.4, 0.5) is 5.82 Å². The van der Waals surface area contributed by atoms with E-state index in [9.17, 15) is 4.79 Å². The molecule has 0 aromatic carbocycles. The highest BCUT2D eigenvalue weighted by atomic mass is 16.1. The molecule has 1 fully saturated rings. The third-order valence-corrected chi connectivity index (χ3v) is 5.30. The Balaban J connectivity index is 1.46. The molecule has 0 unspecified atom stereocenters. The largest absolute Gasteiger partial charge is 0.354 e. The average Bonchev–Trinajstić information content (AvgIpc) is 2.71. The van der Waals surface area contributed by atoms with Crippen molar-refractivity contribution < 1.29 is 4.79 Å². The summed E-state index contributed by atoms with van der Waals surface area (Å²) in [7, 11) is 0. The molecule has 1 aliphatic rings. The van der Waals surface area contributed by atoms with Gasteiger partial charge >= 0.3 is 0 Å². The van der Waals surface area contributed by atoms with E-state index in [0.717, 1.165) is 44.0 Å². The van der Waals surface area contributed by atoms with Crippen molar-refractivity contribution in [2.24, 2.45) is 0 Å². The summed E-state index contributed by atoms with van der Waals surface area (Å²) in [6.45, 7) is 10.4. The first-order chi connectivity index (χ1) is 13.5. The fourth-order valence-electron chi connectivity index (χ4n) is 3.77. The molecule has 0 bridgehead atoms. The number of carbonyl (C=O) groups is 1. The lowest BCUT2D eigenvalue weighted by Crippen LogP contribution is -2.54. The second-order valence-corrected chi connectivity index (χ2v) is 7.71. The number of amides is 1. The van der Waals surface area contributed by atoms with E-state index in [1.54, 1.807) is 12.4 Å². The number of nitrogens with zero attached hydrogens (tertiary/aromatic N) is 4. The number of hydrogen-bond acceptors (Lipinski definition) is 5. The van der Waals surface area contributed by atoms with Gasteiger partial charge in [0.1, 0.15) is 5.82 Å². The maximum Gasteiger partial charge on any atom is 0.252 e. The van der Waals surface area contributed by atoms with Gasteiger partial charge in [-0.05, 0) is 57.9 Å². The number of piperazine rings is 1. The monoisotopic (exact) mass is 381 g/mol. The normalized spacial score (nSPS) is 17.7. The van der Waals surface area contributed by atoms with Gasteiger partial charge in [-0.25, -0.2) is 4.98 Å². The van der Waals surface area contributed by atoms with Crippen LogP contribution < -0.4 is 10.2 Å². The fourth-order valence-corrected chi connectivity index (χ4v) is 3.77. The van der Waals surface area contributed by atoms with Gasteiger partial charge < -0.3 is 10.2 Å². The number of hydrogen-bond donors (Lipinski definition) is 1. The van der Waals surface area contributed by atoms with Crippen LogP contribution in [0.2, 0.25) is 0 Å². The zero-order valence-corrected chi connectivity index (χ0v) is 17.1. The molecule has 3 rings (SSSR count). The van der Waals surface area contributed by atoms with E-state index in [4.69, 9.17) is 0 Å². The molecule has 1 atom stereocenters. The topological polar surface area (TPSA) is 61.4 Å². The summed E-state index contributed by atoms with van der Waals surface area (Å²) in [5.41, 5.74) is 1.66. The Kier molecular flexibility index (Phi) is 6.98. The Morgan fingerprint density at radius 1 is 1.21 bits per heavy atom. The number of aryl methyl sites for hydroxylation is 1. The molecule has 0 aliphatic carbocycles. The van der Waals surface area contributed by atoms with E-state index in [2.05, 4.69) is 45.9 Å². The van der Waals surface area contributed by atoms with Crippen molar-refractivity contribution in [3.8, 4) is 0 Å². The summed E-state index contributed by atoms with van der Waals surface area (Å²) in [6, 6.07) is 10.8. The summed E-state index contributed by atoms with van der Waals surface area (Å²) in [5.74, 6) is 0.875. The summed E-state index contributed by atoms with van der Waals surface area (Å²) in [4.78, 5) is 26.0. The minimum absolute atomic E-state index is 0.0712. The zero-order chi connectivity index (χ0) is 19.9. The highest BCUT2D eigenvalue weighted by Gasteiger charge is 2.26. The summed E-state index contributed by atoms with van der Waals surface area (Å²) >= 11 is 0. The van der Waals surface area contributed by atoms with Crippen LogP contribution in [0, 0.1) is 0 Å².